The van der Waals surface area contributed by atoms with Gasteiger partial charge in [0.05, 0.1) is 4.92 Å². The van der Waals surface area contributed by atoms with Crippen LogP contribution in [0.1, 0.15) is 11.5 Å². The number of nitrogens with zero attached hydrogens (tertiary/aromatic N) is 3. The Morgan fingerprint density at radius 1 is 1.38 bits per heavy atom. The number of nitro benzene ring substituents is 1. The molecular formula is C17H12N4O3. The summed E-state index contributed by atoms with van der Waals surface area (Å²) < 4.78 is 5.53. The Labute approximate surface area is 137 Å². The summed E-state index contributed by atoms with van der Waals surface area (Å²) >= 11 is 0. The Kier molecular flexibility index (Phi) is 3.95. The second-order valence-electron chi connectivity index (χ2n) is 5.08. The predicted octanol–water partition coefficient (Wildman–Crippen LogP) is 4.02. The number of nitriles is 1. The summed E-state index contributed by atoms with van der Waals surface area (Å²) in [5, 5.41) is 23.2. The quantitative estimate of drug-likeness (QED) is 0.442. The summed E-state index contributed by atoms with van der Waals surface area (Å²) in [6, 6.07) is 13.9. The number of oxazole rings is 1. The van der Waals surface area contributed by atoms with E-state index in [2.05, 4.69) is 10.3 Å². The Hall–Kier alpha value is -3.66. The fourth-order valence-electron chi connectivity index (χ4n) is 2.19. The van der Waals surface area contributed by atoms with E-state index in [-0.39, 0.29) is 22.8 Å². The third-order valence-electron chi connectivity index (χ3n) is 3.37. The van der Waals surface area contributed by atoms with E-state index in [9.17, 15) is 15.4 Å². The van der Waals surface area contributed by atoms with E-state index in [4.69, 9.17) is 4.42 Å². The van der Waals surface area contributed by atoms with Gasteiger partial charge in [-0.25, -0.2) is 4.98 Å². The molecule has 24 heavy (non-hydrogen) atoms. The van der Waals surface area contributed by atoms with Gasteiger partial charge in [-0.3, -0.25) is 10.1 Å². The van der Waals surface area contributed by atoms with Crippen molar-refractivity contribution < 1.29 is 9.34 Å². The first-order valence-corrected chi connectivity index (χ1v) is 7.06. The van der Waals surface area contributed by atoms with Crippen molar-refractivity contribution in [1.82, 2.24) is 4.98 Å². The van der Waals surface area contributed by atoms with E-state index in [1.807, 2.05) is 12.1 Å². The molecule has 2 aromatic carbocycles. The molecule has 0 saturated heterocycles. The number of hydrogen-bond acceptors (Lipinski definition) is 6. The molecule has 0 radical (unpaired) electrons. The lowest BCUT2D eigenvalue weighted by molar-refractivity contribution is -0.384. The molecule has 0 amide bonds. The summed E-state index contributed by atoms with van der Waals surface area (Å²) in [6.07, 6.45) is 1.35. The molecule has 0 spiro atoms. The van der Waals surface area contributed by atoms with Crippen molar-refractivity contribution in [3.05, 3.63) is 70.2 Å². The minimum absolute atomic E-state index is 0.0684. The van der Waals surface area contributed by atoms with Crippen molar-refractivity contribution in [2.24, 2.45) is 0 Å². The molecule has 0 saturated carbocycles. The first-order valence-electron chi connectivity index (χ1n) is 7.06. The van der Waals surface area contributed by atoms with Gasteiger partial charge >= 0.3 is 0 Å². The van der Waals surface area contributed by atoms with Crippen LogP contribution in [0.2, 0.25) is 0 Å². The number of fused-ring (bicyclic) bond motifs is 1. The smallest absolute Gasteiger partial charge is 0.292 e. The highest BCUT2D eigenvalue weighted by Crippen LogP contribution is 2.26. The lowest BCUT2D eigenvalue weighted by Gasteiger charge is -2.03. The van der Waals surface area contributed by atoms with Crippen LogP contribution in [0.4, 0.5) is 11.4 Å². The van der Waals surface area contributed by atoms with Gasteiger partial charge in [0.2, 0.25) is 5.89 Å². The third kappa shape index (κ3) is 2.94. The third-order valence-corrected chi connectivity index (χ3v) is 3.37. The van der Waals surface area contributed by atoms with Crippen LogP contribution in [0, 0.1) is 28.4 Å². The van der Waals surface area contributed by atoms with Crippen LogP contribution in [0.15, 0.2) is 53.1 Å². The normalized spacial score (nSPS) is 11.2. The van der Waals surface area contributed by atoms with Crippen LogP contribution in [0.5, 0.6) is 0 Å². The van der Waals surface area contributed by atoms with Gasteiger partial charge in [-0.1, -0.05) is 18.2 Å². The summed E-state index contributed by atoms with van der Waals surface area (Å²) in [7, 11) is 0. The summed E-state index contributed by atoms with van der Waals surface area (Å²) in [5.74, 6) is 0.154. The average molecular weight is 320 g/mol. The molecule has 7 heteroatoms. The largest absolute Gasteiger partial charge is 0.435 e. The molecule has 7 nitrogen and oxygen atoms in total. The topological polar surface area (TPSA) is 105 Å². The second-order valence-corrected chi connectivity index (χ2v) is 5.08. The van der Waals surface area contributed by atoms with Gasteiger partial charge < -0.3 is 9.73 Å². The van der Waals surface area contributed by atoms with Crippen LogP contribution in [-0.2, 0) is 0 Å². The van der Waals surface area contributed by atoms with E-state index in [0.29, 0.717) is 11.1 Å². The molecule has 1 N–H and O–H groups in total. The maximum atomic E-state index is 11.1. The van der Waals surface area contributed by atoms with Gasteiger partial charge in [-0.15, -0.1) is 0 Å². The summed E-state index contributed by atoms with van der Waals surface area (Å²) in [6.45, 7) is 1.77. The highest BCUT2D eigenvalue weighted by atomic mass is 16.6. The standard InChI is InChI=1S/C17H12N4O3/c1-11-6-7-13(15(8-11)21(22)23)19-10-12(9-18)17-20-14-4-2-3-5-16(14)24-17/h2-8,10,19H,1H3/b12-10+. The van der Waals surface area contributed by atoms with Crippen LogP contribution in [0.3, 0.4) is 0 Å². The zero-order valence-corrected chi connectivity index (χ0v) is 12.7. The number of nitrogens with one attached hydrogen (secondary N) is 1. The van der Waals surface area contributed by atoms with Crippen molar-refractivity contribution in [2.75, 3.05) is 5.32 Å². The first-order chi connectivity index (χ1) is 11.6. The molecule has 1 heterocycles. The molecule has 0 unspecified atom stereocenters. The lowest BCUT2D eigenvalue weighted by Crippen LogP contribution is -1.97. The molecular weight excluding hydrogens is 308 g/mol. The predicted molar refractivity (Wildman–Crippen MR) is 89.1 cm³/mol. The van der Waals surface area contributed by atoms with Crippen LogP contribution >= 0.6 is 0 Å². The maximum Gasteiger partial charge on any atom is 0.292 e. The van der Waals surface area contributed by atoms with Crippen molar-refractivity contribution in [1.29, 1.82) is 5.26 Å². The zero-order valence-electron chi connectivity index (χ0n) is 12.7. The maximum absolute atomic E-state index is 11.1. The Balaban J connectivity index is 1.95. The van der Waals surface area contributed by atoms with Gasteiger partial charge in [0.25, 0.3) is 5.69 Å². The summed E-state index contributed by atoms with van der Waals surface area (Å²) in [5.41, 5.74) is 2.33. The van der Waals surface area contributed by atoms with E-state index < -0.39 is 4.92 Å². The van der Waals surface area contributed by atoms with Gasteiger partial charge in [0.1, 0.15) is 22.8 Å². The number of benzene rings is 2. The van der Waals surface area contributed by atoms with Gasteiger partial charge in [-0.2, -0.15) is 5.26 Å². The molecule has 0 bridgehead atoms. The number of anilines is 1. The number of allylic oxidation sites excluding steroid dienone is 1. The van der Waals surface area contributed by atoms with Crippen molar-refractivity contribution >= 4 is 28.0 Å². The molecule has 0 aliphatic rings. The van der Waals surface area contributed by atoms with Gasteiger partial charge in [0.15, 0.2) is 5.58 Å². The molecule has 0 aliphatic carbocycles. The molecule has 0 fully saturated rings. The SMILES string of the molecule is Cc1ccc(N/C=C(\C#N)c2nc3ccccc3o2)c([N+](=O)[O-])c1. The van der Waals surface area contributed by atoms with E-state index >= 15 is 0 Å². The fourth-order valence-corrected chi connectivity index (χ4v) is 2.19. The second kappa shape index (κ2) is 6.22. The van der Waals surface area contributed by atoms with Crippen LogP contribution in [0.25, 0.3) is 16.7 Å². The van der Waals surface area contributed by atoms with Crippen LogP contribution < -0.4 is 5.32 Å². The molecule has 118 valence electrons. The lowest BCUT2D eigenvalue weighted by atomic mass is 10.2. The van der Waals surface area contributed by atoms with Crippen molar-refractivity contribution in [3.63, 3.8) is 0 Å². The molecule has 1 aromatic heterocycles. The number of nitro groups is 1. The van der Waals surface area contributed by atoms with Crippen molar-refractivity contribution in [2.45, 2.75) is 6.92 Å². The number of para-hydroxylation sites is 2. The van der Waals surface area contributed by atoms with Gasteiger partial charge in [-0.05, 0) is 30.7 Å². The van der Waals surface area contributed by atoms with E-state index in [0.717, 1.165) is 5.56 Å². The Bertz CT molecular complexity index is 965. The molecule has 0 atom stereocenters. The molecule has 3 aromatic rings. The minimum atomic E-state index is -0.478. The van der Waals surface area contributed by atoms with Crippen LogP contribution in [-0.4, -0.2) is 9.91 Å². The van der Waals surface area contributed by atoms with Crippen molar-refractivity contribution in [3.8, 4) is 6.07 Å². The first kappa shape index (κ1) is 15.2. The Morgan fingerprint density at radius 3 is 2.88 bits per heavy atom. The minimum Gasteiger partial charge on any atom is -0.435 e. The highest BCUT2D eigenvalue weighted by molar-refractivity contribution is 5.80. The number of rotatable bonds is 4. The molecule has 3 rings (SSSR count). The number of aromatic nitrogens is 1. The number of hydrogen-bond donors (Lipinski definition) is 1. The fraction of sp³-hybridized carbons (Fsp3) is 0.0588. The highest BCUT2D eigenvalue weighted by Gasteiger charge is 2.14. The van der Waals surface area contributed by atoms with E-state index in [1.54, 1.807) is 37.3 Å². The zero-order chi connectivity index (χ0) is 17.1. The van der Waals surface area contributed by atoms with E-state index in [1.165, 1.54) is 12.3 Å². The summed E-state index contributed by atoms with van der Waals surface area (Å²) in [4.78, 5) is 14.9. The monoisotopic (exact) mass is 320 g/mol. The molecule has 0 aliphatic heterocycles. The van der Waals surface area contributed by atoms with Gasteiger partial charge in [0, 0.05) is 12.3 Å². The Morgan fingerprint density at radius 2 is 2.17 bits per heavy atom. The number of aryl methyl sites for hydroxylation is 1. The average Bonchev–Trinajstić information content (AvgIpc) is 3.00.